The number of nitrogens with zero attached hydrogens (tertiary/aromatic N) is 1. The van der Waals surface area contributed by atoms with Crippen LogP contribution in [0.25, 0.3) is 10.8 Å². The zero-order valence-corrected chi connectivity index (χ0v) is 14.8. The Hall–Kier alpha value is -3.05. The van der Waals surface area contributed by atoms with Crippen LogP contribution in [0, 0.1) is 0 Å². The second kappa shape index (κ2) is 7.45. The Bertz CT molecular complexity index is 970. The first-order chi connectivity index (χ1) is 12.4. The smallest absolute Gasteiger partial charge is 0.257 e. The fourth-order valence-electron chi connectivity index (χ4n) is 2.63. The molecule has 0 spiro atoms. The third kappa shape index (κ3) is 3.95. The van der Waals surface area contributed by atoms with Crippen LogP contribution in [-0.4, -0.2) is 35.4 Å². The standard InChI is InChI=1S/C20H17ClN2O3/c1-23(12-19(25)22-16-8-6-15(21)7-9-16)20(26)17-10-13-4-2-3-5-14(13)11-18(17)24/h2-11,24H,12H2,1H3,(H,22,25). The Morgan fingerprint density at radius 1 is 1.04 bits per heavy atom. The molecule has 0 aliphatic heterocycles. The quantitative estimate of drug-likeness (QED) is 0.733. The molecule has 132 valence electrons. The van der Waals surface area contributed by atoms with Gasteiger partial charge >= 0.3 is 0 Å². The summed E-state index contributed by atoms with van der Waals surface area (Å²) in [7, 11) is 1.51. The van der Waals surface area contributed by atoms with E-state index in [1.54, 1.807) is 36.4 Å². The highest BCUT2D eigenvalue weighted by atomic mass is 35.5. The molecule has 0 unspecified atom stereocenters. The number of nitrogens with one attached hydrogen (secondary N) is 1. The summed E-state index contributed by atoms with van der Waals surface area (Å²) in [5, 5.41) is 15.1. The molecule has 6 heteroatoms. The van der Waals surface area contributed by atoms with Gasteiger partial charge in [0.2, 0.25) is 5.91 Å². The fraction of sp³-hybridized carbons (Fsp3) is 0.100. The zero-order valence-electron chi connectivity index (χ0n) is 14.1. The van der Waals surface area contributed by atoms with Crippen molar-refractivity contribution in [2.75, 3.05) is 18.9 Å². The van der Waals surface area contributed by atoms with Gasteiger partial charge in [0.05, 0.1) is 12.1 Å². The van der Waals surface area contributed by atoms with E-state index in [1.807, 2.05) is 24.3 Å². The van der Waals surface area contributed by atoms with Crippen LogP contribution in [0.5, 0.6) is 5.75 Å². The van der Waals surface area contributed by atoms with Crippen molar-refractivity contribution in [3.05, 3.63) is 71.2 Å². The Labute approximate surface area is 155 Å². The van der Waals surface area contributed by atoms with E-state index in [0.717, 1.165) is 10.8 Å². The maximum absolute atomic E-state index is 12.6. The highest BCUT2D eigenvalue weighted by Crippen LogP contribution is 2.26. The molecule has 0 aromatic heterocycles. The molecule has 26 heavy (non-hydrogen) atoms. The summed E-state index contributed by atoms with van der Waals surface area (Å²) in [5.41, 5.74) is 0.749. The second-order valence-corrected chi connectivity index (χ2v) is 6.37. The lowest BCUT2D eigenvalue weighted by Gasteiger charge is -2.18. The number of amides is 2. The van der Waals surface area contributed by atoms with E-state index in [9.17, 15) is 14.7 Å². The second-order valence-electron chi connectivity index (χ2n) is 5.93. The maximum Gasteiger partial charge on any atom is 0.257 e. The van der Waals surface area contributed by atoms with Crippen LogP contribution < -0.4 is 5.32 Å². The Morgan fingerprint density at radius 2 is 1.65 bits per heavy atom. The molecule has 0 saturated heterocycles. The molecule has 3 rings (SSSR count). The van der Waals surface area contributed by atoms with Gasteiger partial charge in [-0.2, -0.15) is 0 Å². The molecule has 0 atom stereocenters. The molecule has 3 aromatic rings. The molecule has 5 nitrogen and oxygen atoms in total. The third-order valence-corrected chi connectivity index (χ3v) is 4.20. The summed E-state index contributed by atoms with van der Waals surface area (Å²) in [6, 6.07) is 17.3. The molecular weight excluding hydrogens is 352 g/mol. The van der Waals surface area contributed by atoms with Crippen LogP contribution in [-0.2, 0) is 4.79 Å². The van der Waals surface area contributed by atoms with Crippen molar-refractivity contribution >= 4 is 39.9 Å². The fourth-order valence-corrected chi connectivity index (χ4v) is 2.75. The van der Waals surface area contributed by atoms with Crippen molar-refractivity contribution in [1.82, 2.24) is 4.90 Å². The van der Waals surface area contributed by atoms with Crippen LogP contribution >= 0.6 is 11.6 Å². The average molecular weight is 369 g/mol. The summed E-state index contributed by atoms with van der Waals surface area (Å²) < 4.78 is 0. The first-order valence-corrected chi connectivity index (χ1v) is 8.34. The summed E-state index contributed by atoms with van der Waals surface area (Å²) in [4.78, 5) is 26.0. The van der Waals surface area contributed by atoms with Gasteiger partial charge in [-0.15, -0.1) is 0 Å². The Morgan fingerprint density at radius 3 is 2.31 bits per heavy atom. The highest BCUT2D eigenvalue weighted by Gasteiger charge is 2.19. The van der Waals surface area contributed by atoms with Gasteiger partial charge in [0.25, 0.3) is 5.91 Å². The number of benzene rings is 3. The number of carbonyl (C=O) groups is 2. The zero-order chi connectivity index (χ0) is 18.7. The summed E-state index contributed by atoms with van der Waals surface area (Å²) in [6.07, 6.45) is 0. The number of phenolic OH excluding ortho intramolecular Hbond substituents is 1. The van der Waals surface area contributed by atoms with Gasteiger partial charge in [0.15, 0.2) is 0 Å². The number of rotatable bonds is 4. The molecule has 0 aliphatic carbocycles. The lowest BCUT2D eigenvalue weighted by Crippen LogP contribution is -2.35. The molecular formula is C20H17ClN2O3. The molecule has 0 bridgehead atoms. The van der Waals surface area contributed by atoms with Crippen LogP contribution in [0.15, 0.2) is 60.7 Å². The van der Waals surface area contributed by atoms with E-state index >= 15 is 0 Å². The molecule has 2 amide bonds. The molecule has 2 N–H and O–H groups in total. The van der Waals surface area contributed by atoms with E-state index in [-0.39, 0.29) is 23.8 Å². The van der Waals surface area contributed by atoms with Crippen LogP contribution in [0.4, 0.5) is 5.69 Å². The van der Waals surface area contributed by atoms with Crippen LogP contribution in [0.1, 0.15) is 10.4 Å². The highest BCUT2D eigenvalue weighted by molar-refractivity contribution is 6.30. The summed E-state index contributed by atoms with van der Waals surface area (Å²) >= 11 is 5.81. The minimum absolute atomic E-state index is 0.112. The van der Waals surface area contributed by atoms with Crippen molar-refractivity contribution in [3.63, 3.8) is 0 Å². The van der Waals surface area contributed by atoms with Gasteiger partial charge in [-0.1, -0.05) is 35.9 Å². The molecule has 0 heterocycles. The number of aromatic hydroxyl groups is 1. The third-order valence-electron chi connectivity index (χ3n) is 3.95. The topological polar surface area (TPSA) is 69.6 Å². The van der Waals surface area contributed by atoms with Gasteiger partial charge < -0.3 is 15.3 Å². The number of anilines is 1. The number of fused-ring (bicyclic) bond motifs is 1. The van der Waals surface area contributed by atoms with Gasteiger partial charge in [0, 0.05) is 17.8 Å². The van der Waals surface area contributed by atoms with Gasteiger partial charge in [-0.05, 0) is 47.2 Å². The SMILES string of the molecule is CN(CC(=O)Nc1ccc(Cl)cc1)C(=O)c1cc2ccccc2cc1O. The van der Waals surface area contributed by atoms with E-state index in [1.165, 1.54) is 11.9 Å². The predicted molar refractivity (Wildman–Crippen MR) is 103 cm³/mol. The summed E-state index contributed by atoms with van der Waals surface area (Å²) in [5.74, 6) is -0.887. The minimum atomic E-state index is -0.431. The Balaban J connectivity index is 1.72. The van der Waals surface area contributed by atoms with Crippen molar-refractivity contribution in [1.29, 1.82) is 0 Å². The van der Waals surface area contributed by atoms with Crippen molar-refractivity contribution < 1.29 is 14.7 Å². The van der Waals surface area contributed by atoms with Crippen molar-refractivity contribution in [2.24, 2.45) is 0 Å². The Kier molecular flexibility index (Phi) is 5.09. The average Bonchev–Trinajstić information content (AvgIpc) is 2.62. The monoisotopic (exact) mass is 368 g/mol. The van der Waals surface area contributed by atoms with Crippen molar-refractivity contribution in [3.8, 4) is 5.75 Å². The predicted octanol–water partition coefficient (Wildman–Crippen LogP) is 3.91. The van der Waals surface area contributed by atoms with Gasteiger partial charge in [0.1, 0.15) is 5.75 Å². The first kappa shape index (κ1) is 17.8. The molecule has 0 fully saturated rings. The minimum Gasteiger partial charge on any atom is -0.507 e. The molecule has 0 radical (unpaired) electrons. The number of hydrogen-bond donors (Lipinski definition) is 2. The molecule has 0 saturated carbocycles. The van der Waals surface area contributed by atoms with Crippen LogP contribution in [0.2, 0.25) is 5.02 Å². The van der Waals surface area contributed by atoms with E-state index in [0.29, 0.717) is 10.7 Å². The number of hydrogen-bond acceptors (Lipinski definition) is 3. The van der Waals surface area contributed by atoms with Crippen LogP contribution in [0.3, 0.4) is 0 Å². The van der Waals surface area contributed by atoms with Gasteiger partial charge in [-0.3, -0.25) is 9.59 Å². The number of carbonyl (C=O) groups excluding carboxylic acids is 2. The number of halogens is 1. The van der Waals surface area contributed by atoms with Gasteiger partial charge in [-0.25, -0.2) is 0 Å². The maximum atomic E-state index is 12.6. The van der Waals surface area contributed by atoms with E-state index in [4.69, 9.17) is 11.6 Å². The first-order valence-electron chi connectivity index (χ1n) is 7.96. The van der Waals surface area contributed by atoms with E-state index in [2.05, 4.69) is 5.32 Å². The lowest BCUT2D eigenvalue weighted by atomic mass is 10.1. The number of likely N-dealkylation sites (N-methyl/N-ethyl adjacent to an activating group) is 1. The van der Waals surface area contributed by atoms with E-state index < -0.39 is 5.91 Å². The summed E-state index contributed by atoms with van der Waals surface area (Å²) in [6.45, 7) is -0.145. The lowest BCUT2D eigenvalue weighted by molar-refractivity contribution is -0.116. The molecule has 0 aliphatic rings. The van der Waals surface area contributed by atoms with Crippen molar-refractivity contribution in [2.45, 2.75) is 0 Å². The largest absolute Gasteiger partial charge is 0.507 e. The molecule has 3 aromatic carbocycles. The number of phenols is 1. The normalized spacial score (nSPS) is 10.5.